The summed E-state index contributed by atoms with van der Waals surface area (Å²) < 4.78 is 2.30. The highest BCUT2D eigenvalue weighted by atomic mass is 15.3. The van der Waals surface area contributed by atoms with Gasteiger partial charge in [-0.3, -0.25) is 0 Å². The molecule has 1 aliphatic heterocycles. The van der Waals surface area contributed by atoms with E-state index in [1.165, 1.54) is 25.1 Å². The average molecular weight is 234 g/mol. The molecule has 4 heteroatoms. The van der Waals surface area contributed by atoms with Crippen molar-refractivity contribution in [1.82, 2.24) is 20.1 Å². The van der Waals surface area contributed by atoms with E-state index in [-0.39, 0.29) is 0 Å². The fourth-order valence-electron chi connectivity index (χ4n) is 2.78. The molecule has 0 aromatic carbocycles. The van der Waals surface area contributed by atoms with Gasteiger partial charge in [-0.15, -0.1) is 10.2 Å². The topological polar surface area (TPSA) is 42.7 Å². The predicted octanol–water partition coefficient (Wildman–Crippen LogP) is 1.75. The molecule has 1 atom stereocenters. The van der Waals surface area contributed by atoms with Gasteiger partial charge in [-0.1, -0.05) is 13.8 Å². The molecule has 0 radical (unpaired) electrons. The van der Waals surface area contributed by atoms with Gasteiger partial charge in [0.15, 0.2) is 0 Å². The van der Waals surface area contributed by atoms with Gasteiger partial charge in [-0.2, -0.15) is 0 Å². The van der Waals surface area contributed by atoms with Crippen LogP contribution in [0.25, 0.3) is 0 Å². The van der Waals surface area contributed by atoms with Gasteiger partial charge in [0, 0.05) is 13.0 Å². The van der Waals surface area contributed by atoms with Crippen molar-refractivity contribution in [2.24, 2.45) is 11.3 Å². The van der Waals surface area contributed by atoms with Crippen molar-refractivity contribution in [1.29, 1.82) is 0 Å². The van der Waals surface area contributed by atoms with Crippen molar-refractivity contribution in [3.8, 4) is 0 Å². The molecule has 1 fully saturated rings. The Morgan fingerprint density at radius 2 is 2.18 bits per heavy atom. The zero-order chi connectivity index (χ0) is 11.9. The van der Waals surface area contributed by atoms with Crippen LogP contribution in [0.1, 0.15) is 44.8 Å². The first-order chi connectivity index (χ1) is 8.17. The molecule has 17 heavy (non-hydrogen) atoms. The molecule has 4 nitrogen and oxygen atoms in total. The molecular weight excluding hydrogens is 212 g/mol. The summed E-state index contributed by atoms with van der Waals surface area (Å²) in [4.78, 5) is 0. The minimum Gasteiger partial charge on any atom is -0.314 e. The fourth-order valence-corrected chi connectivity index (χ4v) is 2.78. The quantitative estimate of drug-likeness (QED) is 0.863. The first kappa shape index (κ1) is 11.2. The Kier molecular flexibility index (Phi) is 2.69. The lowest BCUT2D eigenvalue weighted by Crippen LogP contribution is -2.22. The summed E-state index contributed by atoms with van der Waals surface area (Å²) in [5, 5.41) is 12.1. The summed E-state index contributed by atoms with van der Waals surface area (Å²) in [5.41, 5.74) is 0.567. The van der Waals surface area contributed by atoms with Crippen molar-refractivity contribution >= 4 is 0 Å². The van der Waals surface area contributed by atoms with E-state index in [9.17, 15) is 0 Å². The van der Waals surface area contributed by atoms with Gasteiger partial charge in [-0.05, 0) is 37.1 Å². The maximum atomic E-state index is 4.30. The molecule has 0 amide bonds. The number of aromatic nitrogens is 3. The third-order valence-electron chi connectivity index (χ3n) is 4.33. The summed E-state index contributed by atoms with van der Waals surface area (Å²) in [7, 11) is 0. The van der Waals surface area contributed by atoms with Crippen LogP contribution in [0.15, 0.2) is 0 Å². The van der Waals surface area contributed by atoms with E-state index in [4.69, 9.17) is 0 Å². The van der Waals surface area contributed by atoms with Gasteiger partial charge in [0.25, 0.3) is 0 Å². The van der Waals surface area contributed by atoms with Crippen molar-refractivity contribution in [3.63, 3.8) is 0 Å². The van der Waals surface area contributed by atoms with Crippen LogP contribution in [0, 0.1) is 11.3 Å². The minimum absolute atomic E-state index is 0.567. The van der Waals surface area contributed by atoms with Crippen LogP contribution in [0.3, 0.4) is 0 Å². The van der Waals surface area contributed by atoms with E-state index in [0.717, 1.165) is 37.8 Å². The number of aryl methyl sites for hydroxylation is 1. The lowest BCUT2D eigenvalue weighted by atomic mass is 10.1. The van der Waals surface area contributed by atoms with Crippen LogP contribution in [-0.4, -0.2) is 21.3 Å². The molecule has 0 bridgehead atoms. The normalized spacial score (nSPS) is 25.6. The number of hydrogen-bond acceptors (Lipinski definition) is 3. The third-order valence-corrected chi connectivity index (χ3v) is 4.33. The second kappa shape index (κ2) is 4.09. The molecule has 1 saturated carbocycles. The highest BCUT2D eigenvalue weighted by Crippen LogP contribution is 2.50. The van der Waals surface area contributed by atoms with E-state index < -0.39 is 0 Å². The maximum Gasteiger partial charge on any atom is 0.147 e. The number of hydrogen-bond donors (Lipinski definition) is 1. The molecule has 1 unspecified atom stereocenters. The fraction of sp³-hybridized carbons (Fsp3) is 0.846. The lowest BCUT2D eigenvalue weighted by molar-refractivity contribution is 0.481. The number of rotatable bonds is 4. The highest BCUT2D eigenvalue weighted by molar-refractivity contribution is 5.00. The van der Waals surface area contributed by atoms with E-state index in [2.05, 4.69) is 33.9 Å². The summed E-state index contributed by atoms with van der Waals surface area (Å²) in [6, 6.07) is 0. The molecule has 3 rings (SSSR count). The van der Waals surface area contributed by atoms with E-state index in [1.54, 1.807) is 0 Å². The van der Waals surface area contributed by atoms with Crippen LogP contribution in [0.4, 0.5) is 0 Å². The molecule has 1 aromatic heterocycles. The van der Waals surface area contributed by atoms with Gasteiger partial charge in [0.2, 0.25) is 0 Å². The molecule has 2 heterocycles. The van der Waals surface area contributed by atoms with Crippen LogP contribution in [0.2, 0.25) is 0 Å². The first-order valence-corrected chi connectivity index (χ1v) is 6.78. The second-order valence-corrected chi connectivity index (χ2v) is 6.16. The standard InChI is InChI=1S/C13H22N4/c1-13(2)7-10(13)8-14-9-12-16-15-11-5-3-4-6-17(11)12/h10,14H,3-9H2,1-2H3. The lowest BCUT2D eigenvalue weighted by Gasteiger charge is -2.15. The Bertz CT molecular complexity index is 408. The Labute approximate surface area is 103 Å². The molecule has 94 valence electrons. The van der Waals surface area contributed by atoms with E-state index in [1.807, 2.05) is 0 Å². The molecule has 1 N–H and O–H groups in total. The van der Waals surface area contributed by atoms with Crippen LogP contribution < -0.4 is 5.32 Å². The van der Waals surface area contributed by atoms with Gasteiger partial charge < -0.3 is 9.88 Å². The summed E-state index contributed by atoms with van der Waals surface area (Å²) in [6.45, 7) is 7.79. The Morgan fingerprint density at radius 3 is 2.94 bits per heavy atom. The van der Waals surface area contributed by atoms with Gasteiger partial charge in [0.1, 0.15) is 11.6 Å². The molecular formula is C13H22N4. The Balaban J connectivity index is 1.53. The molecule has 0 saturated heterocycles. The third kappa shape index (κ3) is 2.23. The summed E-state index contributed by atoms with van der Waals surface area (Å²) >= 11 is 0. The molecule has 1 aromatic rings. The number of nitrogens with one attached hydrogen (secondary N) is 1. The zero-order valence-electron chi connectivity index (χ0n) is 10.9. The van der Waals surface area contributed by atoms with Gasteiger partial charge >= 0.3 is 0 Å². The predicted molar refractivity (Wildman–Crippen MR) is 66.6 cm³/mol. The molecule has 0 spiro atoms. The van der Waals surface area contributed by atoms with Crippen LogP contribution in [-0.2, 0) is 19.5 Å². The summed E-state index contributed by atoms with van der Waals surface area (Å²) in [6.07, 6.45) is 5.00. The van der Waals surface area contributed by atoms with Crippen molar-refractivity contribution in [2.75, 3.05) is 6.54 Å². The van der Waals surface area contributed by atoms with E-state index >= 15 is 0 Å². The van der Waals surface area contributed by atoms with E-state index in [0.29, 0.717) is 5.41 Å². The smallest absolute Gasteiger partial charge is 0.147 e. The second-order valence-electron chi connectivity index (χ2n) is 6.16. The highest BCUT2D eigenvalue weighted by Gasteiger charge is 2.44. The number of fused-ring (bicyclic) bond motifs is 1. The monoisotopic (exact) mass is 234 g/mol. The van der Waals surface area contributed by atoms with Gasteiger partial charge in [-0.25, -0.2) is 0 Å². The largest absolute Gasteiger partial charge is 0.314 e. The van der Waals surface area contributed by atoms with Crippen molar-refractivity contribution in [2.45, 2.75) is 52.6 Å². The Hall–Kier alpha value is -0.900. The first-order valence-electron chi connectivity index (χ1n) is 6.78. The van der Waals surface area contributed by atoms with Crippen LogP contribution >= 0.6 is 0 Å². The molecule has 2 aliphatic rings. The van der Waals surface area contributed by atoms with Crippen LogP contribution in [0.5, 0.6) is 0 Å². The van der Waals surface area contributed by atoms with Crippen molar-refractivity contribution in [3.05, 3.63) is 11.6 Å². The zero-order valence-corrected chi connectivity index (χ0v) is 10.9. The SMILES string of the molecule is CC1(C)CC1CNCc1nnc2n1CCCC2. The Morgan fingerprint density at radius 1 is 1.35 bits per heavy atom. The van der Waals surface area contributed by atoms with Crippen molar-refractivity contribution < 1.29 is 0 Å². The number of nitrogens with zero attached hydrogens (tertiary/aromatic N) is 3. The maximum absolute atomic E-state index is 4.30. The minimum atomic E-state index is 0.567. The van der Waals surface area contributed by atoms with Gasteiger partial charge in [0.05, 0.1) is 6.54 Å². The molecule has 1 aliphatic carbocycles. The average Bonchev–Trinajstić information content (AvgIpc) is 2.74. The summed E-state index contributed by atoms with van der Waals surface area (Å²) in [5.74, 6) is 3.16.